The van der Waals surface area contributed by atoms with Gasteiger partial charge in [-0.15, -0.1) is 0 Å². The third-order valence-corrected chi connectivity index (χ3v) is 9.11. The van der Waals surface area contributed by atoms with Crippen LogP contribution in [-0.2, 0) is 34.2 Å². The van der Waals surface area contributed by atoms with Gasteiger partial charge in [-0.25, -0.2) is 8.42 Å². The summed E-state index contributed by atoms with van der Waals surface area (Å²) < 4.78 is 29.1. The van der Waals surface area contributed by atoms with Gasteiger partial charge in [0, 0.05) is 37.3 Å². The van der Waals surface area contributed by atoms with Crippen LogP contribution in [0.3, 0.4) is 0 Å². The summed E-state index contributed by atoms with van der Waals surface area (Å²) in [5.74, 6) is 0.243. The monoisotopic (exact) mass is 586 g/mol. The van der Waals surface area contributed by atoms with Crippen LogP contribution in [0.1, 0.15) is 48.7 Å². The molecule has 10 nitrogen and oxygen atoms in total. The Morgan fingerprint density at radius 3 is 2.49 bits per heavy atom. The number of nitrogens with one attached hydrogen (secondary N) is 2. The Labute approximate surface area is 242 Å². The first-order chi connectivity index (χ1) is 19.5. The number of carboxylic acid groups (broad SMARTS) is 1. The summed E-state index contributed by atoms with van der Waals surface area (Å²) in [5, 5.41) is 25.2. The normalized spacial score (nSPS) is 15.5. The summed E-state index contributed by atoms with van der Waals surface area (Å²) in [5.41, 5.74) is 3.71. The number of aryl methyl sites for hydroxylation is 2. The van der Waals surface area contributed by atoms with Crippen molar-refractivity contribution in [1.82, 2.24) is 15.2 Å². The zero-order valence-electron chi connectivity index (χ0n) is 24.2. The number of aliphatic hydroxyl groups excluding tert-OH is 1. The van der Waals surface area contributed by atoms with Crippen LogP contribution in [0, 0.1) is 5.92 Å². The fourth-order valence-electron chi connectivity index (χ4n) is 5.03. The Kier molecular flexibility index (Phi) is 11.3. The Morgan fingerprint density at radius 2 is 1.85 bits per heavy atom. The van der Waals surface area contributed by atoms with Crippen molar-refractivity contribution in [1.29, 1.82) is 0 Å². The molecule has 2 heterocycles. The average molecular weight is 587 g/mol. The minimum atomic E-state index is -3.50. The largest absolute Gasteiger partial charge is 0.483 e. The van der Waals surface area contributed by atoms with Gasteiger partial charge in [0.1, 0.15) is 0 Å². The van der Waals surface area contributed by atoms with Crippen molar-refractivity contribution in [2.45, 2.75) is 58.7 Å². The molecule has 41 heavy (non-hydrogen) atoms. The zero-order chi connectivity index (χ0) is 30.2. The summed E-state index contributed by atoms with van der Waals surface area (Å²) in [7, 11) is -1.95. The van der Waals surface area contributed by atoms with Crippen LogP contribution in [-0.4, -0.2) is 73.6 Å². The number of sulfonamides is 1. The van der Waals surface area contributed by atoms with E-state index in [4.69, 9.17) is 9.90 Å². The summed E-state index contributed by atoms with van der Waals surface area (Å²) in [6.45, 7) is 7.94. The molecule has 0 unspecified atom stereocenters. The van der Waals surface area contributed by atoms with E-state index in [2.05, 4.69) is 29.0 Å². The van der Waals surface area contributed by atoms with Crippen LogP contribution in [0.15, 0.2) is 48.7 Å². The summed E-state index contributed by atoms with van der Waals surface area (Å²) in [4.78, 5) is 22.0. The number of carbonyl (C=O) groups is 2. The standard InChI is InChI=1S/C29H40N4O4S.CH2O2/c1-5-33-19-22-12-14-38(36,37)32(4)25-16-23(17-26(33)28(22)25)29(35)31-24(15-21-9-7-6-8-10-21)27(34)18-30-13-11-20(2)3;2-1-3/h6-10,16-17,19-20,24,27,30,34H,5,11-15,18H2,1-4H3,(H,31,35);1H,(H,2,3)/t24-,27+;/m0./s1. The van der Waals surface area contributed by atoms with E-state index in [1.165, 1.54) is 4.31 Å². The lowest BCUT2D eigenvalue weighted by Crippen LogP contribution is -2.49. The maximum absolute atomic E-state index is 13.6. The molecule has 0 bridgehead atoms. The topological polar surface area (TPSA) is 141 Å². The smallest absolute Gasteiger partial charge is 0.290 e. The molecule has 1 aliphatic heterocycles. The van der Waals surface area contributed by atoms with Crippen LogP contribution < -0.4 is 14.9 Å². The number of amides is 1. The molecule has 4 N–H and O–H groups in total. The molecule has 0 radical (unpaired) electrons. The van der Waals surface area contributed by atoms with Crippen LogP contribution in [0.25, 0.3) is 10.9 Å². The number of aromatic nitrogens is 1. The minimum absolute atomic E-state index is 0.0255. The Morgan fingerprint density at radius 1 is 1.17 bits per heavy atom. The van der Waals surface area contributed by atoms with E-state index in [9.17, 15) is 18.3 Å². The van der Waals surface area contributed by atoms with Gasteiger partial charge in [0.2, 0.25) is 10.0 Å². The molecule has 224 valence electrons. The van der Waals surface area contributed by atoms with E-state index in [-0.39, 0.29) is 18.1 Å². The molecule has 0 aliphatic carbocycles. The quantitative estimate of drug-likeness (QED) is 0.200. The van der Waals surface area contributed by atoms with E-state index in [0.717, 1.165) is 35.0 Å². The van der Waals surface area contributed by atoms with E-state index >= 15 is 0 Å². The SMILES string of the molecule is CCn1cc2c3c(cc(C(=O)N[C@@H](Cc4ccccc4)[C@H](O)CNCCC(C)C)cc31)N(C)S(=O)(=O)CC2.O=CO. The zero-order valence-corrected chi connectivity index (χ0v) is 25.0. The molecule has 4 rings (SSSR count). The van der Waals surface area contributed by atoms with Gasteiger partial charge in [-0.1, -0.05) is 44.2 Å². The first kappa shape index (κ1) is 32.1. The summed E-state index contributed by atoms with van der Waals surface area (Å²) in [6.07, 6.45) is 3.10. The molecule has 0 saturated heterocycles. The van der Waals surface area contributed by atoms with Crippen molar-refractivity contribution < 1.29 is 28.2 Å². The molecule has 0 saturated carbocycles. The van der Waals surface area contributed by atoms with Crippen LogP contribution in [0.4, 0.5) is 5.69 Å². The number of hydrogen-bond donors (Lipinski definition) is 4. The van der Waals surface area contributed by atoms with E-state index < -0.39 is 22.2 Å². The fraction of sp³-hybridized carbons (Fsp3) is 0.467. The maximum Gasteiger partial charge on any atom is 0.290 e. The molecule has 11 heteroatoms. The van der Waals surface area contributed by atoms with E-state index in [1.807, 2.05) is 49.5 Å². The highest BCUT2D eigenvalue weighted by atomic mass is 32.2. The second-order valence-electron chi connectivity index (χ2n) is 10.7. The first-order valence-electron chi connectivity index (χ1n) is 14.0. The predicted molar refractivity (Wildman–Crippen MR) is 162 cm³/mol. The molecular weight excluding hydrogens is 544 g/mol. The highest BCUT2D eigenvalue weighted by Crippen LogP contribution is 2.36. The molecule has 0 spiro atoms. The van der Waals surface area contributed by atoms with Gasteiger partial charge in [-0.3, -0.25) is 13.9 Å². The summed E-state index contributed by atoms with van der Waals surface area (Å²) >= 11 is 0. The Balaban J connectivity index is 0.00000147. The Bertz CT molecular complexity index is 1420. The van der Waals surface area contributed by atoms with Gasteiger partial charge < -0.3 is 25.4 Å². The number of aliphatic hydroxyl groups is 1. The second kappa shape index (κ2) is 14.5. The molecule has 1 aliphatic rings. The summed E-state index contributed by atoms with van der Waals surface area (Å²) in [6, 6.07) is 12.7. The number of benzene rings is 2. The van der Waals surface area contributed by atoms with Crippen molar-refractivity contribution >= 4 is 39.0 Å². The Hall–Kier alpha value is -3.41. The van der Waals surface area contributed by atoms with E-state index in [0.29, 0.717) is 43.1 Å². The van der Waals surface area contributed by atoms with Crippen molar-refractivity contribution in [2.75, 3.05) is 30.2 Å². The van der Waals surface area contributed by atoms with Crippen molar-refractivity contribution in [3.05, 3.63) is 65.4 Å². The maximum atomic E-state index is 13.6. The van der Waals surface area contributed by atoms with Gasteiger partial charge >= 0.3 is 0 Å². The van der Waals surface area contributed by atoms with Gasteiger partial charge in [-0.05, 0) is 61.9 Å². The van der Waals surface area contributed by atoms with Crippen molar-refractivity contribution in [3.8, 4) is 0 Å². The molecule has 1 aromatic heterocycles. The molecule has 2 atom stereocenters. The predicted octanol–water partition coefficient (Wildman–Crippen LogP) is 3.02. The van der Waals surface area contributed by atoms with Gasteiger partial charge in [0.25, 0.3) is 12.4 Å². The average Bonchev–Trinajstić information content (AvgIpc) is 3.27. The van der Waals surface area contributed by atoms with Crippen LogP contribution >= 0.6 is 0 Å². The first-order valence-corrected chi connectivity index (χ1v) is 15.6. The van der Waals surface area contributed by atoms with Gasteiger partial charge in [-0.2, -0.15) is 0 Å². The second-order valence-corrected chi connectivity index (χ2v) is 12.8. The fourth-order valence-corrected chi connectivity index (χ4v) is 6.23. The van der Waals surface area contributed by atoms with Gasteiger partial charge in [0.15, 0.2) is 0 Å². The van der Waals surface area contributed by atoms with E-state index in [1.54, 1.807) is 13.1 Å². The number of carbonyl (C=O) groups excluding carboxylic acids is 1. The third kappa shape index (κ3) is 8.08. The highest BCUT2D eigenvalue weighted by Gasteiger charge is 2.29. The number of anilines is 1. The van der Waals surface area contributed by atoms with Crippen LogP contribution in [0.2, 0.25) is 0 Å². The highest BCUT2D eigenvalue weighted by molar-refractivity contribution is 7.92. The number of rotatable bonds is 11. The lowest BCUT2D eigenvalue weighted by molar-refractivity contribution is -0.122. The van der Waals surface area contributed by atoms with Crippen LogP contribution in [0.5, 0.6) is 0 Å². The lowest BCUT2D eigenvalue weighted by Gasteiger charge is -2.25. The number of nitrogens with zero attached hydrogens (tertiary/aromatic N) is 2. The molecule has 0 fully saturated rings. The molecule has 3 aromatic rings. The molecule has 2 aromatic carbocycles. The van der Waals surface area contributed by atoms with Gasteiger partial charge in [0.05, 0.1) is 29.1 Å². The molecule has 1 amide bonds. The van der Waals surface area contributed by atoms with Crippen molar-refractivity contribution in [2.24, 2.45) is 5.92 Å². The minimum Gasteiger partial charge on any atom is -0.483 e. The molecular formula is C30H42N4O6S. The number of hydrogen-bond acceptors (Lipinski definition) is 6. The van der Waals surface area contributed by atoms with Crippen molar-refractivity contribution in [3.63, 3.8) is 0 Å². The lowest BCUT2D eigenvalue weighted by atomic mass is 9.99. The third-order valence-electron chi connectivity index (χ3n) is 7.36.